The fourth-order valence-electron chi connectivity index (χ4n) is 2.97. The Morgan fingerprint density at radius 3 is 2.59 bits per heavy atom. The van der Waals surface area contributed by atoms with Crippen molar-refractivity contribution in [1.82, 2.24) is 9.55 Å². The summed E-state index contributed by atoms with van der Waals surface area (Å²) in [6.07, 6.45) is 0. The molecule has 0 bridgehead atoms. The third-order valence-electron chi connectivity index (χ3n) is 4.49. The Morgan fingerprint density at radius 2 is 1.97 bits per heavy atom. The van der Waals surface area contributed by atoms with Crippen LogP contribution >= 0.6 is 11.3 Å². The first kappa shape index (κ1) is 20.6. The third-order valence-corrected chi connectivity index (χ3v) is 5.49. The second kappa shape index (κ2) is 8.89. The first-order valence-corrected chi connectivity index (χ1v) is 9.83. The van der Waals surface area contributed by atoms with Crippen LogP contribution in [0.1, 0.15) is 20.8 Å². The summed E-state index contributed by atoms with van der Waals surface area (Å²) in [4.78, 5) is 42.3. The minimum atomic E-state index is -0.713. The Balaban J connectivity index is 2.11. The number of nitrogens with one attached hydrogen (secondary N) is 1. The molecule has 3 rings (SSSR count). The molecule has 0 saturated carbocycles. The number of carbonyl (C=O) groups excluding carboxylic acids is 1. The fraction of sp³-hybridized carbons (Fsp3) is 0.250. The molecule has 3 aromatic rings. The molecule has 3 N–H and O–H groups in total. The lowest BCUT2D eigenvalue weighted by Gasteiger charge is -2.24. The first-order chi connectivity index (χ1) is 13.9. The highest BCUT2D eigenvalue weighted by Crippen LogP contribution is 2.24. The number of nitrogens with two attached hydrogens (primary N) is 1. The van der Waals surface area contributed by atoms with Crippen LogP contribution in [0.25, 0.3) is 0 Å². The topological polar surface area (TPSA) is 110 Å². The van der Waals surface area contributed by atoms with Crippen molar-refractivity contribution in [2.45, 2.75) is 13.5 Å². The summed E-state index contributed by atoms with van der Waals surface area (Å²) in [7, 11) is 1.50. The number of ether oxygens (including phenoxy) is 1. The Labute approximate surface area is 171 Å². The van der Waals surface area contributed by atoms with Gasteiger partial charge in [0.15, 0.2) is 5.69 Å². The monoisotopic (exact) mass is 414 g/mol. The van der Waals surface area contributed by atoms with Crippen molar-refractivity contribution in [3.63, 3.8) is 0 Å². The van der Waals surface area contributed by atoms with Crippen LogP contribution in [0.2, 0.25) is 0 Å². The van der Waals surface area contributed by atoms with Gasteiger partial charge in [0.2, 0.25) is 0 Å². The van der Waals surface area contributed by atoms with Crippen LogP contribution in [0.5, 0.6) is 0 Å². The molecule has 0 radical (unpaired) electrons. The smallest absolute Gasteiger partial charge is 0.330 e. The van der Waals surface area contributed by atoms with Gasteiger partial charge in [0.25, 0.3) is 11.5 Å². The van der Waals surface area contributed by atoms with Crippen LogP contribution in [0.3, 0.4) is 0 Å². The molecule has 9 heteroatoms. The predicted octanol–water partition coefficient (Wildman–Crippen LogP) is 1.83. The van der Waals surface area contributed by atoms with E-state index in [1.54, 1.807) is 5.38 Å². The number of anilines is 2. The van der Waals surface area contributed by atoms with Gasteiger partial charge in [-0.2, -0.15) is 0 Å². The largest absolute Gasteiger partial charge is 0.383 e. The Hall–Kier alpha value is -3.17. The summed E-state index contributed by atoms with van der Waals surface area (Å²) < 4.78 is 6.36. The summed E-state index contributed by atoms with van der Waals surface area (Å²) in [5, 5.41) is 1.81. The van der Waals surface area contributed by atoms with Crippen molar-refractivity contribution in [3.05, 3.63) is 78.6 Å². The van der Waals surface area contributed by atoms with E-state index in [-0.39, 0.29) is 37.1 Å². The average molecular weight is 414 g/mol. The Bertz CT molecular complexity index is 1120. The number of H-pyrrole nitrogens is 1. The highest BCUT2D eigenvalue weighted by atomic mass is 32.1. The van der Waals surface area contributed by atoms with E-state index in [0.29, 0.717) is 4.88 Å². The molecule has 8 nitrogen and oxygen atoms in total. The zero-order valence-corrected chi connectivity index (χ0v) is 17.0. The van der Waals surface area contributed by atoms with Crippen LogP contribution in [-0.2, 0) is 11.3 Å². The van der Waals surface area contributed by atoms with E-state index in [9.17, 15) is 14.4 Å². The first-order valence-electron chi connectivity index (χ1n) is 8.95. The molecule has 0 aliphatic heterocycles. The summed E-state index contributed by atoms with van der Waals surface area (Å²) in [6.45, 7) is 2.30. The third kappa shape index (κ3) is 4.30. The molecule has 0 fully saturated rings. The van der Waals surface area contributed by atoms with Gasteiger partial charge in [-0.05, 0) is 29.5 Å². The van der Waals surface area contributed by atoms with E-state index in [2.05, 4.69) is 4.98 Å². The zero-order chi connectivity index (χ0) is 21.0. The van der Waals surface area contributed by atoms with Crippen LogP contribution in [0.4, 0.5) is 11.5 Å². The lowest BCUT2D eigenvalue weighted by molar-refractivity contribution is 0.0979. The van der Waals surface area contributed by atoms with Gasteiger partial charge in [-0.1, -0.05) is 30.3 Å². The number of aromatic amines is 1. The van der Waals surface area contributed by atoms with Crippen LogP contribution in [-0.4, -0.2) is 35.7 Å². The van der Waals surface area contributed by atoms with Gasteiger partial charge in [0.05, 0.1) is 18.0 Å². The minimum absolute atomic E-state index is 0.0598. The summed E-state index contributed by atoms with van der Waals surface area (Å²) in [5.74, 6) is -0.432. The van der Waals surface area contributed by atoms with Crippen molar-refractivity contribution in [2.24, 2.45) is 0 Å². The molecule has 0 saturated heterocycles. The maximum Gasteiger partial charge on any atom is 0.330 e. The molecule has 152 valence electrons. The predicted molar refractivity (Wildman–Crippen MR) is 114 cm³/mol. The van der Waals surface area contributed by atoms with E-state index in [0.717, 1.165) is 11.1 Å². The molecule has 0 spiro atoms. The molecule has 0 unspecified atom stereocenters. The van der Waals surface area contributed by atoms with Crippen LogP contribution in [0.15, 0.2) is 51.4 Å². The van der Waals surface area contributed by atoms with Gasteiger partial charge < -0.3 is 10.5 Å². The van der Waals surface area contributed by atoms with Gasteiger partial charge in [0.1, 0.15) is 5.82 Å². The number of rotatable bonds is 7. The number of thiophene rings is 1. The van der Waals surface area contributed by atoms with E-state index >= 15 is 0 Å². The van der Waals surface area contributed by atoms with E-state index in [1.807, 2.05) is 43.3 Å². The molecule has 0 aliphatic rings. The lowest BCUT2D eigenvalue weighted by Crippen LogP contribution is -2.42. The van der Waals surface area contributed by atoms with Crippen LogP contribution < -0.4 is 21.9 Å². The number of benzene rings is 1. The molecule has 1 amide bonds. The molecule has 0 atom stereocenters. The summed E-state index contributed by atoms with van der Waals surface area (Å²) >= 11 is 1.28. The Kier molecular flexibility index (Phi) is 6.30. The SMILES string of the molecule is COCCN(C(=O)c1sccc1C)c1c(N)n(Cc2ccccc2)c(=O)[nH]c1=O. The van der Waals surface area contributed by atoms with Crippen molar-refractivity contribution in [2.75, 3.05) is 30.9 Å². The number of methoxy groups -OCH3 is 1. The number of carbonyl (C=O) groups is 1. The van der Waals surface area contributed by atoms with Crippen molar-refractivity contribution < 1.29 is 9.53 Å². The van der Waals surface area contributed by atoms with Gasteiger partial charge in [-0.15, -0.1) is 11.3 Å². The molecule has 1 aromatic carbocycles. The quantitative estimate of drug-likeness (QED) is 0.613. The number of aromatic nitrogens is 2. The molecular formula is C20H22N4O4S. The standard InChI is InChI=1S/C20H22N4O4S/c1-13-8-11-29-16(13)19(26)23(9-10-28-2)15-17(21)24(20(27)22-18(15)25)12-14-6-4-3-5-7-14/h3-8,11H,9-10,12,21H2,1-2H3,(H,22,25,27). The van der Waals surface area contributed by atoms with E-state index < -0.39 is 11.2 Å². The number of hydrogen-bond donors (Lipinski definition) is 2. The van der Waals surface area contributed by atoms with E-state index in [4.69, 9.17) is 10.5 Å². The van der Waals surface area contributed by atoms with Gasteiger partial charge in [-0.25, -0.2) is 4.79 Å². The molecule has 0 aliphatic carbocycles. The average Bonchev–Trinajstić information content (AvgIpc) is 3.13. The number of aryl methyl sites for hydroxylation is 1. The highest BCUT2D eigenvalue weighted by molar-refractivity contribution is 7.12. The van der Waals surface area contributed by atoms with Crippen molar-refractivity contribution in [3.8, 4) is 0 Å². The number of nitrogens with zero attached hydrogens (tertiary/aromatic N) is 2. The molecule has 2 aromatic heterocycles. The zero-order valence-electron chi connectivity index (χ0n) is 16.2. The second-order valence-corrected chi connectivity index (χ2v) is 7.36. The summed E-state index contributed by atoms with van der Waals surface area (Å²) in [6, 6.07) is 11.1. The van der Waals surface area contributed by atoms with Gasteiger partial charge in [0, 0.05) is 13.7 Å². The number of amides is 1. The maximum absolute atomic E-state index is 13.2. The normalized spacial score (nSPS) is 10.8. The summed E-state index contributed by atoms with van der Waals surface area (Å²) in [5.41, 5.74) is 6.48. The van der Waals surface area contributed by atoms with Crippen LogP contribution in [0, 0.1) is 6.92 Å². The minimum Gasteiger partial charge on any atom is -0.383 e. The molecular weight excluding hydrogens is 392 g/mol. The lowest BCUT2D eigenvalue weighted by atomic mass is 10.2. The molecule has 29 heavy (non-hydrogen) atoms. The second-order valence-electron chi connectivity index (χ2n) is 6.45. The van der Waals surface area contributed by atoms with Gasteiger partial charge in [-0.3, -0.25) is 24.0 Å². The number of nitrogen functional groups attached to an aromatic ring is 1. The molecule has 2 heterocycles. The Morgan fingerprint density at radius 1 is 1.24 bits per heavy atom. The number of hydrogen-bond acceptors (Lipinski definition) is 6. The van der Waals surface area contributed by atoms with Crippen molar-refractivity contribution >= 4 is 28.7 Å². The van der Waals surface area contributed by atoms with E-state index in [1.165, 1.54) is 27.9 Å². The van der Waals surface area contributed by atoms with Gasteiger partial charge >= 0.3 is 5.69 Å². The maximum atomic E-state index is 13.2. The fourth-order valence-corrected chi connectivity index (χ4v) is 3.85. The van der Waals surface area contributed by atoms with Crippen molar-refractivity contribution in [1.29, 1.82) is 0 Å². The highest BCUT2D eigenvalue weighted by Gasteiger charge is 2.26.